The molecule has 0 radical (unpaired) electrons. The van der Waals surface area contributed by atoms with E-state index >= 15 is 0 Å². The monoisotopic (exact) mass is 252 g/mol. The van der Waals surface area contributed by atoms with Crippen LogP contribution >= 0.6 is 22.7 Å². The highest BCUT2D eigenvalue weighted by atomic mass is 32.1. The summed E-state index contributed by atoms with van der Waals surface area (Å²) >= 11 is 3.02. The summed E-state index contributed by atoms with van der Waals surface area (Å²) < 4.78 is 0. The molecule has 5 heteroatoms. The molecule has 0 aromatic carbocycles. The smallest absolute Gasteiger partial charge is 0.161 e. The van der Waals surface area contributed by atoms with Gasteiger partial charge in [0.1, 0.15) is 5.01 Å². The number of carbonyl (C=O) groups excluding carboxylic acids is 1. The van der Waals surface area contributed by atoms with Crippen molar-refractivity contribution in [1.29, 1.82) is 0 Å². The first-order chi connectivity index (χ1) is 7.66. The van der Waals surface area contributed by atoms with Gasteiger partial charge in [0.05, 0.1) is 12.5 Å². The Morgan fingerprint density at radius 3 is 2.94 bits per heavy atom. The number of hydrogen-bond acceptors (Lipinski definition) is 5. The fraction of sp³-hybridized carbons (Fsp3) is 0.273. The van der Waals surface area contributed by atoms with Gasteiger partial charge in [-0.05, 0) is 18.4 Å². The van der Waals surface area contributed by atoms with Gasteiger partial charge in [-0.15, -0.1) is 22.7 Å². The van der Waals surface area contributed by atoms with E-state index in [-0.39, 0.29) is 5.78 Å². The maximum atomic E-state index is 11.9. The van der Waals surface area contributed by atoms with Crippen molar-refractivity contribution < 1.29 is 4.79 Å². The molecule has 0 spiro atoms. The van der Waals surface area contributed by atoms with E-state index in [0.29, 0.717) is 6.42 Å². The third kappa shape index (κ3) is 2.55. The van der Waals surface area contributed by atoms with Gasteiger partial charge >= 0.3 is 0 Å². The largest absolute Gasteiger partial charge is 0.317 e. The number of rotatable bonds is 4. The minimum atomic E-state index is -0.510. The SMILES string of the molecule is Cc1csc(CC(=O)C(N)c2cccs2)n1. The molecule has 0 aliphatic heterocycles. The number of hydrogen-bond donors (Lipinski definition) is 1. The van der Waals surface area contributed by atoms with Crippen molar-refractivity contribution in [3.05, 3.63) is 38.5 Å². The third-order valence-electron chi connectivity index (χ3n) is 2.19. The molecule has 0 aliphatic carbocycles. The Labute approximate surface area is 102 Å². The lowest BCUT2D eigenvalue weighted by atomic mass is 10.1. The van der Waals surface area contributed by atoms with E-state index in [9.17, 15) is 4.79 Å². The van der Waals surface area contributed by atoms with Gasteiger partial charge in [-0.25, -0.2) is 4.98 Å². The summed E-state index contributed by atoms with van der Waals surface area (Å²) in [7, 11) is 0. The quantitative estimate of drug-likeness (QED) is 0.908. The van der Waals surface area contributed by atoms with Crippen LogP contribution in [0.3, 0.4) is 0 Å². The Morgan fingerprint density at radius 1 is 1.56 bits per heavy atom. The highest BCUT2D eigenvalue weighted by Gasteiger charge is 2.18. The van der Waals surface area contributed by atoms with Crippen LogP contribution in [0.2, 0.25) is 0 Å². The summed E-state index contributed by atoms with van der Waals surface area (Å²) in [5.74, 6) is 0.0248. The van der Waals surface area contributed by atoms with Crippen LogP contribution in [0.1, 0.15) is 21.6 Å². The summed E-state index contributed by atoms with van der Waals surface area (Å²) in [6.45, 7) is 1.92. The van der Waals surface area contributed by atoms with Crippen LogP contribution in [0.4, 0.5) is 0 Å². The van der Waals surface area contributed by atoms with E-state index in [1.807, 2.05) is 29.8 Å². The van der Waals surface area contributed by atoms with E-state index in [4.69, 9.17) is 5.73 Å². The second-order valence-corrected chi connectivity index (χ2v) is 5.44. The van der Waals surface area contributed by atoms with E-state index in [2.05, 4.69) is 4.98 Å². The lowest BCUT2D eigenvalue weighted by Crippen LogP contribution is -2.22. The van der Waals surface area contributed by atoms with Crippen LogP contribution in [-0.4, -0.2) is 10.8 Å². The highest BCUT2D eigenvalue weighted by Crippen LogP contribution is 2.20. The molecule has 3 nitrogen and oxygen atoms in total. The number of nitrogens with zero attached hydrogens (tertiary/aromatic N) is 1. The lowest BCUT2D eigenvalue weighted by molar-refractivity contribution is -0.119. The van der Waals surface area contributed by atoms with Gasteiger partial charge in [0.25, 0.3) is 0 Å². The van der Waals surface area contributed by atoms with E-state index in [1.54, 1.807) is 0 Å². The molecule has 0 saturated heterocycles. The summed E-state index contributed by atoms with van der Waals surface area (Å²) in [5.41, 5.74) is 6.83. The molecule has 0 amide bonds. The second-order valence-electron chi connectivity index (χ2n) is 3.52. The van der Waals surface area contributed by atoms with Gasteiger partial charge in [0.15, 0.2) is 5.78 Å². The van der Waals surface area contributed by atoms with Gasteiger partial charge in [-0.3, -0.25) is 4.79 Å². The second kappa shape index (κ2) is 4.86. The van der Waals surface area contributed by atoms with Gasteiger partial charge in [0.2, 0.25) is 0 Å². The van der Waals surface area contributed by atoms with Gasteiger partial charge in [0, 0.05) is 16.0 Å². The van der Waals surface area contributed by atoms with Gasteiger partial charge < -0.3 is 5.73 Å². The summed E-state index contributed by atoms with van der Waals surface area (Å²) in [6.07, 6.45) is 0.331. The average molecular weight is 252 g/mol. The number of aryl methyl sites for hydroxylation is 1. The molecule has 1 atom stereocenters. The molecule has 0 saturated carbocycles. The van der Waals surface area contributed by atoms with E-state index < -0.39 is 6.04 Å². The molecular weight excluding hydrogens is 240 g/mol. The number of aromatic nitrogens is 1. The predicted molar refractivity (Wildman–Crippen MR) is 66.8 cm³/mol. The standard InChI is InChI=1S/C11H12N2OS2/c1-7-6-16-10(13-7)5-8(14)11(12)9-3-2-4-15-9/h2-4,6,11H,5,12H2,1H3. The maximum Gasteiger partial charge on any atom is 0.161 e. The Hall–Kier alpha value is -1.04. The molecule has 2 N–H and O–H groups in total. The molecule has 2 heterocycles. The summed E-state index contributed by atoms with van der Waals surface area (Å²) in [6, 6.07) is 3.28. The number of thiazole rings is 1. The minimum absolute atomic E-state index is 0.0248. The number of ketones is 1. The van der Waals surface area contributed by atoms with Crippen molar-refractivity contribution in [2.24, 2.45) is 5.73 Å². The Morgan fingerprint density at radius 2 is 2.38 bits per heavy atom. The fourth-order valence-electron chi connectivity index (χ4n) is 1.37. The van der Waals surface area contributed by atoms with Gasteiger partial charge in [-0.2, -0.15) is 0 Å². The third-order valence-corrected chi connectivity index (χ3v) is 4.11. The fourth-order valence-corrected chi connectivity index (χ4v) is 2.90. The predicted octanol–water partition coefficient (Wildman–Crippen LogP) is 2.32. The average Bonchev–Trinajstić information content (AvgIpc) is 2.88. The van der Waals surface area contributed by atoms with Gasteiger partial charge in [-0.1, -0.05) is 6.07 Å². The van der Waals surface area contributed by atoms with E-state index in [0.717, 1.165) is 15.6 Å². The number of carbonyl (C=O) groups is 1. The zero-order chi connectivity index (χ0) is 11.5. The molecule has 0 fully saturated rings. The zero-order valence-corrected chi connectivity index (χ0v) is 10.5. The molecule has 16 heavy (non-hydrogen) atoms. The van der Waals surface area contributed by atoms with Crippen molar-refractivity contribution in [1.82, 2.24) is 4.98 Å². The number of thiophene rings is 1. The minimum Gasteiger partial charge on any atom is -0.317 e. The first-order valence-electron chi connectivity index (χ1n) is 4.89. The van der Waals surface area contributed by atoms with Crippen molar-refractivity contribution in [2.45, 2.75) is 19.4 Å². The van der Waals surface area contributed by atoms with Crippen molar-refractivity contribution >= 4 is 28.5 Å². The number of Topliss-reactive ketones (excluding diaryl/α,β-unsaturated/α-hetero) is 1. The normalized spacial score (nSPS) is 12.6. The van der Waals surface area contributed by atoms with Crippen molar-refractivity contribution in [3.63, 3.8) is 0 Å². The van der Waals surface area contributed by atoms with E-state index in [1.165, 1.54) is 22.7 Å². The molecular formula is C11H12N2OS2. The topological polar surface area (TPSA) is 56.0 Å². The van der Waals surface area contributed by atoms with Crippen LogP contribution < -0.4 is 5.73 Å². The van der Waals surface area contributed by atoms with Crippen LogP contribution in [0.15, 0.2) is 22.9 Å². The number of nitrogens with two attached hydrogens (primary N) is 1. The molecule has 2 aromatic rings. The Bertz CT molecular complexity index is 476. The maximum absolute atomic E-state index is 11.9. The highest BCUT2D eigenvalue weighted by molar-refractivity contribution is 7.10. The summed E-state index contributed by atoms with van der Waals surface area (Å²) in [5, 5.41) is 4.71. The molecule has 0 aliphatic rings. The van der Waals surface area contributed by atoms with Crippen molar-refractivity contribution in [2.75, 3.05) is 0 Å². The molecule has 1 unspecified atom stereocenters. The lowest BCUT2D eigenvalue weighted by Gasteiger charge is -2.06. The molecule has 2 rings (SSSR count). The van der Waals surface area contributed by atoms with Crippen LogP contribution in [-0.2, 0) is 11.2 Å². The van der Waals surface area contributed by atoms with Crippen LogP contribution in [0, 0.1) is 6.92 Å². The first-order valence-corrected chi connectivity index (χ1v) is 6.65. The van der Waals surface area contributed by atoms with Crippen molar-refractivity contribution in [3.8, 4) is 0 Å². The molecule has 0 bridgehead atoms. The van der Waals surface area contributed by atoms with Crippen LogP contribution in [0.5, 0.6) is 0 Å². The summed E-state index contributed by atoms with van der Waals surface area (Å²) in [4.78, 5) is 17.0. The molecule has 84 valence electrons. The zero-order valence-electron chi connectivity index (χ0n) is 8.84. The first kappa shape index (κ1) is 11.4. The molecule has 2 aromatic heterocycles. The Balaban J connectivity index is 2.03. The Kier molecular flexibility index (Phi) is 3.48. The van der Waals surface area contributed by atoms with Crippen LogP contribution in [0.25, 0.3) is 0 Å².